The highest BCUT2D eigenvalue weighted by atomic mass is 16.2. The third-order valence-electron chi connectivity index (χ3n) is 7.71. The van der Waals surface area contributed by atoms with E-state index >= 15 is 0 Å². The van der Waals surface area contributed by atoms with E-state index in [0.29, 0.717) is 43.2 Å². The van der Waals surface area contributed by atoms with E-state index in [1.54, 1.807) is 0 Å². The molecule has 1 aromatic rings. The van der Waals surface area contributed by atoms with Crippen molar-refractivity contribution in [1.29, 1.82) is 0 Å². The predicted molar refractivity (Wildman–Crippen MR) is 116 cm³/mol. The first-order valence-corrected chi connectivity index (χ1v) is 12.3. The molecule has 1 saturated heterocycles. The molecule has 0 bridgehead atoms. The summed E-state index contributed by atoms with van der Waals surface area (Å²) in [6.45, 7) is 1.76. The number of carbonyl (C=O) groups excluding carboxylic acids is 2. The smallest absolute Gasteiger partial charge is 0.254 e. The summed E-state index contributed by atoms with van der Waals surface area (Å²) in [5, 5.41) is 0. The van der Waals surface area contributed by atoms with Gasteiger partial charge in [-0.2, -0.15) is 0 Å². The van der Waals surface area contributed by atoms with Crippen molar-refractivity contribution >= 4 is 11.8 Å². The zero-order valence-electron chi connectivity index (χ0n) is 18.4. The van der Waals surface area contributed by atoms with Gasteiger partial charge in [-0.05, 0) is 50.9 Å². The van der Waals surface area contributed by atoms with E-state index in [9.17, 15) is 14.4 Å². The highest BCUT2D eigenvalue weighted by Gasteiger charge is 2.36. The third-order valence-corrected chi connectivity index (χ3v) is 7.71. The van der Waals surface area contributed by atoms with Gasteiger partial charge in [-0.25, -0.2) is 4.98 Å². The van der Waals surface area contributed by atoms with E-state index in [1.165, 1.54) is 25.7 Å². The number of likely N-dealkylation sites (tertiary alicyclic amines) is 1. The van der Waals surface area contributed by atoms with Crippen molar-refractivity contribution in [2.24, 2.45) is 11.8 Å². The number of nitrogens with zero attached hydrogens (tertiary/aromatic N) is 3. The fourth-order valence-corrected chi connectivity index (χ4v) is 5.68. The molecule has 2 amide bonds. The minimum atomic E-state index is -0.155. The molecule has 1 atom stereocenters. The number of nitrogens with one attached hydrogen (secondary N) is 1. The molecule has 4 aliphatic rings. The van der Waals surface area contributed by atoms with Crippen LogP contribution in [-0.2, 0) is 22.6 Å². The summed E-state index contributed by atoms with van der Waals surface area (Å²) >= 11 is 0. The summed E-state index contributed by atoms with van der Waals surface area (Å²) in [6, 6.07) is -0.155. The van der Waals surface area contributed by atoms with Crippen molar-refractivity contribution in [2.45, 2.75) is 89.6 Å². The molecule has 3 heterocycles. The van der Waals surface area contributed by atoms with Gasteiger partial charge in [0.1, 0.15) is 5.82 Å². The van der Waals surface area contributed by atoms with Crippen LogP contribution < -0.4 is 5.56 Å². The lowest BCUT2D eigenvalue weighted by Crippen LogP contribution is -2.42. The summed E-state index contributed by atoms with van der Waals surface area (Å²) in [5.74, 6) is 1.88. The number of hydrogen-bond donors (Lipinski definition) is 1. The van der Waals surface area contributed by atoms with E-state index in [1.807, 2.05) is 9.80 Å². The minimum Gasteiger partial charge on any atom is -0.336 e. The Kier molecular flexibility index (Phi) is 5.85. The largest absolute Gasteiger partial charge is 0.336 e. The van der Waals surface area contributed by atoms with Gasteiger partial charge in [-0.3, -0.25) is 14.4 Å². The Morgan fingerprint density at radius 2 is 1.77 bits per heavy atom. The van der Waals surface area contributed by atoms with Crippen LogP contribution in [0.1, 0.15) is 93.8 Å². The zero-order valence-corrected chi connectivity index (χ0v) is 18.4. The van der Waals surface area contributed by atoms with Crippen LogP contribution in [0, 0.1) is 11.8 Å². The number of hydrogen-bond acceptors (Lipinski definition) is 4. The molecule has 7 heteroatoms. The minimum absolute atomic E-state index is 0.0950. The molecule has 0 aromatic carbocycles. The Labute approximate surface area is 183 Å². The summed E-state index contributed by atoms with van der Waals surface area (Å²) in [5.41, 5.74) is 1.34. The second kappa shape index (κ2) is 8.75. The molecule has 5 rings (SSSR count). The number of amides is 2. The first-order valence-electron chi connectivity index (χ1n) is 12.3. The van der Waals surface area contributed by atoms with Gasteiger partial charge >= 0.3 is 0 Å². The van der Waals surface area contributed by atoms with E-state index in [-0.39, 0.29) is 29.3 Å². The molecular formula is C24H34N4O3. The van der Waals surface area contributed by atoms with Gasteiger partial charge in [-0.15, -0.1) is 0 Å². The predicted octanol–water partition coefficient (Wildman–Crippen LogP) is 3.09. The third kappa shape index (κ3) is 4.41. The summed E-state index contributed by atoms with van der Waals surface area (Å²) in [6.07, 6.45) is 12.1. The Balaban J connectivity index is 1.33. The maximum absolute atomic E-state index is 13.1. The topological polar surface area (TPSA) is 86.4 Å². The molecule has 0 unspecified atom stereocenters. The second-order valence-electron chi connectivity index (χ2n) is 9.95. The summed E-state index contributed by atoms with van der Waals surface area (Å²) in [4.78, 5) is 50.1. The van der Waals surface area contributed by atoms with Gasteiger partial charge in [0, 0.05) is 31.0 Å². The van der Waals surface area contributed by atoms with Crippen LogP contribution in [0.2, 0.25) is 0 Å². The van der Waals surface area contributed by atoms with Crippen LogP contribution in [-0.4, -0.2) is 44.7 Å². The van der Waals surface area contributed by atoms with E-state index in [0.717, 1.165) is 50.8 Å². The number of piperidine rings is 1. The van der Waals surface area contributed by atoms with Crippen LogP contribution in [0.3, 0.4) is 0 Å². The molecular weight excluding hydrogens is 392 g/mol. The van der Waals surface area contributed by atoms with Gasteiger partial charge in [0.25, 0.3) is 5.56 Å². The number of fused-ring (bicyclic) bond motifs is 1. The van der Waals surface area contributed by atoms with Crippen LogP contribution in [0.15, 0.2) is 4.79 Å². The Morgan fingerprint density at radius 3 is 2.55 bits per heavy atom. The number of H-pyrrole nitrogens is 1. The fourth-order valence-electron chi connectivity index (χ4n) is 5.68. The van der Waals surface area contributed by atoms with Crippen molar-refractivity contribution < 1.29 is 9.59 Å². The molecule has 1 aromatic heterocycles. The lowest BCUT2D eigenvalue weighted by molar-refractivity contribution is -0.135. The monoisotopic (exact) mass is 426 g/mol. The molecule has 168 valence electrons. The lowest BCUT2D eigenvalue weighted by Gasteiger charge is -2.36. The van der Waals surface area contributed by atoms with Crippen LogP contribution in [0.4, 0.5) is 0 Å². The van der Waals surface area contributed by atoms with Crippen molar-refractivity contribution in [1.82, 2.24) is 19.8 Å². The van der Waals surface area contributed by atoms with Gasteiger partial charge in [0.2, 0.25) is 11.8 Å². The lowest BCUT2D eigenvalue weighted by atomic mass is 9.97. The molecule has 3 fully saturated rings. The SMILES string of the molecule is O=C(C1CC1)N1CCc2c(nc([C@H]3CCCCN3C(=O)CCC3CCCC3)[nH]c2=O)C1. The van der Waals surface area contributed by atoms with Gasteiger partial charge < -0.3 is 14.8 Å². The molecule has 2 aliphatic heterocycles. The van der Waals surface area contributed by atoms with Crippen molar-refractivity contribution in [3.8, 4) is 0 Å². The van der Waals surface area contributed by atoms with Crippen molar-refractivity contribution in [3.63, 3.8) is 0 Å². The standard InChI is InChI=1S/C24H34N4O3/c29-21(11-8-16-5-1-2-6-16)28-13-4-3-7-20(28)22-25-19-15-27(24(31)17-9-10-17)14-12-18(19)23(30)26-22/h16-17,20H,1-15H2,(H,25,26,30)/t20-/m1/s1. The number of aromatic amines is 1. The maximum atomic E-state index is 13.1. The van der Waals surface area contributed by atoms with E-state index in [4.69, 9.17) is 4.98 Å². The highest BCUT2D eigenvalue weighted by Crippen LogP contribution is 2.34. The van der Waals surface area contributed by atoms with E-state index in [2.05, 4.69) is 4.98 Å². The highest BCUT2D eigenvalue weighted by molar-refractivity contribution is 5.81. The van der Waals surface area contributed by atoms with Crippen molar-refractivity contribution in [3.05, 3.63) is 27.4 Å². The average molecular weight is 427 g/mol. The number of rotatable bonds is 5. The molecule has 1 N–H and O–H groups in total. The Morgan fingerprint density at radius 1 is 1.00 bits per heavy atom. The molecule has 0 radical (unpaired) electrons. The quantitative estimate of drug-likeness (QED) is 0.784. The Hall–Kier alpha value is -2.18. The van der Waals surface area contributed by atoms with Crippen LogP contribution in [0.25, 0.3) is 0 Å². The molecule has 2 aliphatic carbocycles. The summed E-state index contributed by atoms with van der Waals surface area (Å²) < 4.78 is 0. The first kappa shape index (κ1) is 20.7. The van der Waals surface area contributed by atoms with Gasteiger partial charge in [0.15, 0.2) is 0 Å². The van der Waals surface area contributed by atoms with Crippen molar-refractivity contribution in [2.75, 3.05) is 13.1 Å². The fraction of sp³-hybridized carbons (Fsp3) is 0.750. The number of carbonyl (C=O) groups is 2. The summed E-state index contributed by atoms with van der Waals surface area (Å²) in [7, 11) is 0. The molecule has 2 saturated carbocycles. The zero-order chi connectivity index (χ0) is 21.4. The molecule has 31 heavy (non-hydrogen) atoms. The molecule has 7 nitrogen and oxygen atoms in total. The van der Waals surface area contributed by atoms with Gasteiger partial charge in [0.05, 0.1) is 18.3 Å². The van der Waals surface area contributed by atoms with Crippen LogP contribution >= 0.6 is 0 Å². The van der Waals surface area contributed by atoms with E-state index < -0.39 is 0 Å². The normalized spacial score (nSPS) is 24.3. The number of aromatic nitrogens is 2. The molecule has 0 spiro atoms. The van der Waals surface area contributed by atoms with Gasteiger partial charge in [-0.1, -0.05) is 25.7 Å². The maximum Gasteiger partial charge on any atom is 0.254 e. The first-order chi connectivity index (χ1) is 15.1. The van der Waals surface area contributed by atoms with Crippen LogP contribution in [0.5, 0.6) is 0 Å². The Bertz CT molecular complexity index is 901. The average Bonchev–Trinajstić information content (AvgIpc) is 3.51. The second-order valence-corrected chi connectivity index (χ2v) is 9.95.